The van der Waals surface area contributed by atoms with E-state index in [0.29, 0.717) is 23.0 Å². The number of hydrogen-bond donors (Lipinski definition) is 0. The van der Waals surface area contributed by atoms with Gasteiger partial charge in [0, 0.05) is 22.3 Å². The first kappa shape index (κ1) is 30.9. The van der Waals surface area contributed by atoms with Crippen LogP contribution in [0.25, 0.3) is 56.4 Å². The molecule has 2 fully saturated rings. The molecule has 4 heteroatoms. The van der Waals surface area contributed by atoms with Crippen molar-refractivity contribution in [1.82, 2.24) is 15.0 Å². The molecule has 5 aromatic carbocycles. The standard InChI is InChI=1S/C45H40N4/c1-30-22-32-23-31(2)27-45(26-30,28-32)38-19-21-40(41(25-38)33-12-6-3-7-13-33)39-20-18-36(24-37(39)29-46)44-48-42(34-14-8-4-9-15-34)47-43(49-44)35-16-10-5-11-17-35/h3-21,24-25,30-32H,22-23,26-28H2,1-2H3/t30-,31+,32-,45?. The van der Waals surface area contributed by atoms with E-state index in [1.54, 1.807) is 0 Å². The number of aromatic nitrogens is 3. The summed E-state index contributed by atoms with van der Waals surface area (Å²) in [6, 6.07) is 46.3. The molecule has 8 rings (SSSR count). The van der Waals surface area contributed by atoms with Crippen molar-refractivity contribution in [3.63, 3.8) is 0 Å². The Bertz CT molecular complexity index is 2070. The van der Waals surface area contributed by atoms with Gasteiger partial charge in [0.05, 0.1) is 11.6 Å². The zero-order valence-corrected chi connectivity index (χ0v) is 28.2. The highest BCUT2D eigenvalue weighted by molar-refractivity contribution is 5.87. The summed E-state index contributed by atoms with van der Waals surface area (Å²) in [5, 5.41) is 10.6. The highest BCUT2D eigenvalue weighted by Gasteiger charge is 2.45. The van der Waals surface area contributed by atoms with Crippen LogP contribution in [0.3, 0.4) is 0 Å². The molecule has 6 aromatic rings. The first-order valence-electron chi connectivity index (χ1n) is 17.6. The maximum absolute atomic E-state index is 10.6. The van der Waals surface area contributed by atoms with Crippen LogP contribution < -0.4 is 0 Å². The summed E-state index contributed by atoms with van der Waals surface area (Å²) in [5.41, 5.74) is 9.24. The monoisotopic (exact) mass is 636 g/mol. The van der Waals surface area contributed by atoms with Gasteiger partial charge in [0.25, 0.3) is 0 Å². The molecular formula is C45H40N4. The fourth-order valence-corrected chi connectivity index (χ4v) is 8.97. The van der Waals surface area contributed by atoms with E-state index in [1.165, 1.54) is 48.8 Å². The van der Waals surface area contributed by atoms with Crippen LogP contribution in [0.5, 0.6) is 0 Å². The van der Waals surface area contributed by atoms with Gasteiger partial charge < -0.3 is 0 Å². The molecule has 2 aliphatic carbocycles. The van der Waals surface area contributed by atoms with Crippen molar-refractivity contribution in [2.24, 2.45) is 17.8 Å². The number of rotatable bonds is 6. The predicted octanol–water partition coefficient (Wildman–Crippen LogP) is 11.2. The van der Waals surface area contributed by atoms with Crippen molar-refractivity contribution in [3.05, 3.63) is 139 Å². The van der Waals surface area contributed by atoms with Gasteiger partial charge in [0.2, 0.25) is 0 Å². The van der Waals surface area contributed by atoms with Gasteiger partial charge in [-0.2, -0.15) is 5.26 Å². The van der Waals surface area contributed by atoms with E-state index < -0.39 is 0 Å². The SMILES string of the molecule is C[C@@H]1C[C@@H]2C[C@H](C)CC(c3ccc(-c4ccc(-c5nc(-c6ccccc6)nc(-c6ccccc6)n5)cc4C#N)c(-c4ccccc4)c3)(C1)C2. The van der Waals surface area contributed by atoms with Crippen LogP contribution in [0.15, 0.2) is 127 Å². The number of nitriles is 1. The quantitative estimate of drug-likeness (QED) is 0.182. The van der Waals surface area contributed by atoms with Gasteiger partial charge in [-0.3, -0.25) is 0 Å². The number of hydrogen-bond acceptors (Lipinski definition) is 4. The molecule has 2 bridgehead atoms. The van der Waals surface area contributed by atoms with Gasteiger partial charge in [-0.05, 0) is 89.7 Å². The Labute approximate surface area is 289 Å². The predicted molar refractivity (Wildman–Crippen MR) is 198 cm³/mol. The summed E-state index contributed by atoms with van der Waals surface area (Å²) in [6.45, 7) is 4.89. The van der Waals surface area contributed by atoms with Crippen molar-refractivity contribution in [2.75, 3.05) is 0 Å². The minimum atomic E-state index is 0.218. The fraction of sp³-hybridized carbons (Fsp3) is 0.244. The lowest BCUT2D eigenvalue weighted by molar-refractivity contribution is 0.0781. The van der Waals surface area contributed by atoms with Crippen molar-refractivity contribution < 1.29 is 0 Å². The minimum absolute atomic E-state index is 0.218. The van der Waals surface area contributed by atoms with Crippen LogP contribution >= 0.6 is 0 Å². The number of fused-ring (bicyclic) bond motifs is 2. The molecule has 1 heterocycles. The molecule has 0 amide bonds. The fourth-order valence-electron chi connectivity index (χ4n) is 8.97. The molecule has 4 atom stereocenters. The van der Waals surface area contributed by atoms with Crippen LogP contribution in [0.1, 0.15) is 57.1 Å². The summed E-state index contributed by atoms with van der Waals surface area (Å²) in [4.78, 5) is 14.7. The van der Waals surface area contributed by atoms with Crippen molar-refractivity contribution in [1.29, 1.82) is 5.26 Å². The highest BCUT2D eigenvalue weighted by Crippen LogP contribution is 2.55. The van der Waals surface area contributed by atoms with Crippen LogP contribution in [0, 0.1) is 29.1 Å². The molecule has 2 saturated carbocycles. The molecule has 1 aromatic heterocycles. The van der Waals surface area contributed by atoms with E-state index in [9.17, 15) is 5.26 Å². The maximum atomic E-state index is 10.6. The minimum Gasteiger partial charge on any atom is -0.208 e. The van der Waals surface area contributed by atoms with Crippen LogP contribution in [0.4, 0.5) is 0 Å². The smallest absolute Gasteiger partial charge is 0.164 e. The topological polar surface area (TPSA) is 62.5 Å². The van der Waals surface area contributed by atoms with E-state index in [0.717, 1.165) is 45.6 Å². The Morgan fingerprint density at radius 3 is 1.59 bits per heavy atom. The average Bonchev–Trinajstić information content (AvgIpc) is 3.14. The lowest BCUT2D eigenvalue weighted by Crippen LogP contribution is -2.42. The second-order valence-corrected chi connectivity index (χ2v) is 14.5. The van der Waals surface area contributed by atoms with Crippen molar-refractivity contribution >= 4 is 0 Å². The van der Waals surface area contributed by atoms with E-state index in [2.05, 4.69) is 74.5 Å². The van der Waals surface area contributed by atoms with E-state index >= 15 is 0 Å². The Kier molecular flexibility index (Phi) is 8.14. The highest BCUT2D eigenvalue weighted by atomic mass is 15.0. The maximum Gasteiger partial charge on any atom is 0.164 e. The number of nitrogens with zero attached hydrogens (tertiary/aromatic N) is 4. The molecule has 2 aliphatic rings. The molecule has 49 heavy (non-hydrogen) atoms. The van der Waals surface area contributed by atoms with Gasteiger partial charge in [0.15, 0.2) is 17.5 Å². The zero-order chi connectivity index (χ0) is 33.4. The first-order valence-corrected chi connectivity index (χ1v) is 17.6. The third-order valence-corrected chi connectivity index (χ3v) is 10.7. The summed E-state index contributed by atoms with van der Waals surface area (Å²) in [7, 11) is 0. The second-order valence-electron chi connectivity index (χ2n) is 14.5. The molecular weight excluding hydrogens is 597 g/mol. The van der Waals surface area contributed by atoms with Crippen molar-refractivity contribution in [2.45, 2.75) is 51.4 Å². The summed E-state index contributed by atoms with van der Waals surface area (Å²) >= 11 is 0. The van der Waals surface area contributed by atoms with Gasteiger partial charge in [-0.1, -0.05) is 129 Å². The molecule has 0 radical (unpaired) electrons. The Balaban J connectivity index is 1.25. The third-order valence-electron chi connectivity index (χ3n) is 10.7. The summed E-state index contributed by atoms with van der Waals surface area (Å²) in [6.07, 6.45) is 6.50. The first-order chi connectivity index (χ1) is 24.0. The molecule has 0 aliphatic heterocycles. The van der Waals surface area contributed by atoms with Crippen LogP contribution in [-0.2, 0) is 5.41 Å². The van der Waals surface area contributed by atoms with Crippen molar-refractivity contribution in [3.8, 4) is 62.5 Å². The summed E-state index contributed by atoms with van der Waals surface area (Å²) < 4.78 is 0. The Hall–Kier alpha value is -5.40. The zero-order valence-electron chi connectivity index (χ0n) is 28.2. The lowest BCUT2D eigenvalue weighted by Gasteiger charge is -2.50. The van der Waals surface area contributed by atoms with Gasteiger partial charge in [-0.15, -0.1) is 0 Å². The normalized spacial score (nSPS) is 21.5. The largest absolute Gasteiger partial charge is 0.208 e. The summed E-state index contributed by atoms with van der Waals surface area (Å²) in [5.74, 6) is 4.04. The van der Waals surface area contributed by atoms with E-state index in [-0.39, 0.29) is 5.41 Å². The lowest BCUT2D eigenvalue weighted by atomic mass is 9.54. The Morgan fingerprint density at radius 2 is 1.04 bits per heavy atom. The van der Waals surface area contributed by atoms with Gasteiger partial charge in [-0.25, -0.2) is 15.0 Å². The molecule has 240 valence electrons. The molecule has 0 saturated heterocycles. The molecule has 0 spiro atoms. The van der Waals surface area contributed by atoms with Crippen LogP contribution in [-0.4, -0.2) is 15.0 Å². The Morgan fingerprint density at radius 1 is 0.531 bits per heavy atom. The van der Waals surface area contributed by atoms with E-state index in [1.807, 2.05) is 72.8 Å². The second kappa shape index (κ2) is 12.9. The third kappa shape index (κ3) is 6.07. The van der Waals surface area contributed by atoms with E-state index in [4.69, 9.17) is 15.0 Å². The van der Waals surface area contributed by atoms with Crippen LogP contribution in [0.2, 0.25) is 0 Å². The average molecular weight is 637 g/mol. The van der Waals surface area contributed by atoms with Gasteiger partial charge >= 0.3 is 0 Å². The number of benzene rings is 5. The van der Waals surface area contributed by atoms with Gasteiger partial charge in [0.1, 0.15) is 0 Å². The molecule has 1 unspecified atom stereocenters. The molecule has 0 N–H and O–H groups in total. The molecule has 4 nitrogen and oxygen atoms in total.